The van der Waals surface area contributed by atoms with Crippen molar-refractivity contribution >= 4 is 40.7 Å². The molecule has 2 heterocycles. The largest absolute Gasteiger partial charge is 0.370 e. The molecule has 1 saturated carbocycles. The van der Waals surface area contributed by atoms with E-state index in [0.717, 1.165) is 38.0 Å². The zero-order valence-corrected chi connectivity index (χ0v) is 20.5. The van der Waals surface area contributed by atoms with Crippen molar-refractivity contribution in [2.45, 2.75) is 39.0 Å². The number of nitrogens with one attached hydrogen (secondary N) is 1. The van der Waals surface area contributed by atoms with E-state index in [1.807, 2.05) is 19.1 Å². The van der Waals surface area contributed by atoms with E-state index in [1.54, 1.807) is 36.4 Å². The number of benzene rings is 2. The Hall–Kier alpha value is -3.68. The number of carbonyl (C=O) groups excluding carboxylic acids is 4. The van der Waals surface area contributed by atoms with Crippen LogP contribution >= 0.6 is 0 Å². The average Bonchev–Trinajstić information content (AvgIpc) is 3.16. The van der Waals surface area contributed by atoms with Crippen LogP contribution in [0.1, 0.15) is 49.4 Å². The average molecular weight is 489 g/mol. The zero-order chi connectivity index (χ0) is 25.4. The summed E-state index contributed by atoms with van der Waals surface area (Å²) in [6.07, 6.45) is 4.48. The van der Waals surface area contributed by atoms with Crippen molar-refractivity contribution in [2.24, 2.45) is 29.4 Å². The SMILES string of the molecule is CC1CCC(C(=O)Nc2cc(C(N)=O)ccc2N2CCCCC2)C2C(=O)N(c3ccccc3)C(=O)C12. The highest BCUT2D eigenvalue weighted by Gasteiger charge is 2.57. The molecular formula is C28H32N4O4. The topological polar surface area (TPSA) is 113 Å². The molecule has 0 spiro atoms. The van der Waals surface area contributed by atoms with Crippen molar-refractivity contribution in [3.8, 4) is 0 Å². The van der Waals surface area contributed by atoms with Crippen LogP contribution in [0, 0.1) is 23.7 Å². The Kier molecular flexibility index (Phi) is 6.51. The van der Waals surface area contributed by atoms with Crippen molar-refractivity contribution in [1.82, 2.24) is 0 Å². The van der Waals surface area contributed by atoms with E-state index >= 15 is 0 Å². The van der Waals surface area contributed by atoms with Gasteiger partial charge in [0, 0.05) is 18.7 Å². The van der Waals surface area contributed by atoms with Gasteiger partial charge in [0.1, 0.15) is 0 Å². The molecular weight excluding hydrogens is 456 g/mol. The van der Waals surface area contributed by atoms with Crippen LogP contribution in [0.2, 0.25) is 0 Å². The fourth-order valence-electron chi connectivity index (χ4n) is 6.09. The van der Waals surface area contributed by atoms with E-state index in [2.05, 4.69) is 10.2 Å². The molecule has 0 radical (unpaired) electrons. The summed E-state index contributed by atoms with van der Waals surface area (Å²) in [5, 5.41) is 3.02. The molecule has 8 nitrogen and oxygen atoms in total. The van der Waals surface area contributed by atoms with Gasteiger partial charge in [-0.2, -0.15) is 0 Å². The predicted molar refractivity (Wildman–Crippen MR) is 137 cm³/mol. The van der Waals surface area contributed by atoms with Crippen LogP contribution in [0.4, 0.5) is 17.1 Å². The fraction of sp³-hybridized carbons (Fsp3) is 0.429. The van der Waals surface area contributed by atoms with Gasteiger partial charge in [0.25, 0.3) is 0 Å². The number of carbonyl (C=O) groups is 4. The Morgan fingerprint density at radius 2 is 1.61 bits per heavy atom. The lowest BCUT2D eigenvalue weighted by molar-refractivity contribution is -0.133. The minimum atomic E-state index is -0.709. The fourth-order valence-corrected chi connectivity index (χ4v) is 6.09. The first-order valence-electron chi connectivity index (χ1n) is 12.8. The van der Waals surface area contributed by atoms with E-state index in [9.17, 15) is 19.2 Å². The van der Waals surface area contributed by atoms with Gasteiger partial charge in [0.2, 0.25) is 23.6 Å². The third kappa shape index (κ3) is 4.25. The van der Waals surface area contributed by atoms with Crippen LogP contribution in [0.5, 0.6) is 0 Å². The highest BCUT2D eigenvalue weighted by atomic mass is 16.2. The van der Waals surface area contributed by atoms with E-state index in [0.29, 0.717) is 29.8 Å². The first kappa shape index (κ1) is 24.0. The number of para-hydroxylation sites is 1. The Bertz CT molecular complexity index is 1190. The van der Waals surface area contributed by atoms with Crippen molar-refractivity contribution in [3.63, 3.8) is 0 Å². The summed E-state index contributed by atoms with van der Waals surface area (Å²) < 4.78 is 0. The van der Waals surface area contributed by atoms with Gasteiger partial charge in [0.15, 0.2) is 0 Å². The van der Waals surface area contributed by atoms with Gasteiger partial charge in [0.05, 0.1) is 34.8 Å². The third-order valence-corrected chi connectivity index (χ3v) is 7.96. The van der Waals surface area contributed by atoms with Crippen LogP contribution in [0.15, 0.2) is 48.5 Å². The molecule has 3 N–H and O–H groups in total. The van der Waals surface area contributed by atoms with Crippen LogP contribution in [0.25, 0.3) is 0 Å². The lowest BCUT2D eigenvalue weighted by atomic mass is 9.68. The maximum atomic E-state index is 13.7. The molecule has 36 heavy (non-hydrogen) atoms. The lowest BCUT2D eigenvalue weighted by Gasteiger charge is -2.35. The molecule has 4 atom stereocenters. The smallest absolute Gasteiger partial charge is 0.248 e. The molecule has 2 saturated heterocycles. The number of piperidine rings is 1. The highest BCUT2D eigenvalue weighted by Crippen LogP contribution is 2.46. The van der Waals surface area contributed by atoms with Gasteiger partial charge in [-0.15, -0.1) is 0 Å². The number of hydrogen-bond acceptors (Lipinski definition) is 5. The molecule has 2 aliphatic heterocycles. The van der Waals surface area contributed by atoms with E-state index in [1.165, 1.54) is 4.90 Å². The highest BCUT2D eigenvalue weighted by molar-refractivity contribution is 6.23. The van der Waals surface area contributed by atoms with Crippen molar-refractivity contribution in [2.75, 3.05) is 28.2 Å². The molecule has 2 aromatic carbocycles. The molecule has 3 fully saturated rings. The number of anilines is 3. The van der Waals surface area contributed by atoms with Crippen molar-refractivity contribution in [3.05, 3.63) is 54.1 Å². The van der Waals surface area contributed by atoms with Gasteiger partial charge in [-0.05, 0) is 68.4 Å². The number of nitrogens with two attached hydrogens (primary N) is 1. The van der Waals surface area contributed by atoms with E-state index in [4.69, 9.17) is 5.73 Å². The second kappa shape index (κ2) is 9.76. The maximum Gasteiger partial charge on any atom is 0.248 e. The Morgan fingerprint density at radius 3 is 2.31 bits per heavy atom. The van der Waals surface area contributed by atoms with Gasteiger partial charge in [-0.25, -0.2) is 0 Å². The van der Waals surface area contributed by atoms with E-state index < -0.39 is 23.7 Å². The number of fused-ring (bicyclic) bond motifs is 1. The second-order valence-electron chi connectivity index (χ2n) is 10.2. The zero-order valence-electron chi connectivity index (χ0n) is 20.5. The summed E-state index contributed by atoms with van der Waals surface area (Å²) in [6, 6.07) is 14.0. The van der Waals surface area contributed by atoms with Gasteiger partial charge < -0.3 is 16.0 Å². The molecule has 2 aromatic rings. The molecule has 0 bridgehead atoms. The number of primary amides is 1. The monoisotopic (exact) mass is 488 g/mol. The quantitative estimate of drug-likeness (QED) is 0.625. The van der Waals surface area contributed by atoms with E-state index in [-0.39, 0.29) is 23.6 Å². The van der Waals surface area contributed by atoms with Crippen LogP contribution < -0.4 is 20.9 Å². The summed E-state index contributed by atoms with van der Waals surface area (Å²) in [4.78, 5) is 56.0. The Balaban J connectivity index is 1.45. The third-order valence-electron chi connectivity index (χ3n) is 7.96. The minimum absolute atomic E-state index is 0.00585. The number of nitrogens with zero attached hydrogens (tertiary/aromatic N) is 2. The van der Waals surface area contributed by atoms with Crippen LogP contribution in [-0.2, 0) is 14.4 Å². The molecule has 4 unspecified atom stereocenters. The summed E-state index contributed by atoms with van der Waals surface area (Å²) in [7, 11) is 0. The number of imide groups is 1. The van der Waals surface area contributed by atoms with Gasteiger partial charge in [-0.1, -0.05) is 25.1 Å². The van der Waals surface area contributed by atoms with Crippen molar-refractivity contribution in [1.29, 1.82) is 0 Å². The van der Waals surface area contributed by atoms with Crippen LogP contribution in [0.3, 0.4) is 0 Å². The molecule has 0 aromatic heterocycles. The number of hydrogen-bond donors (Lipinski definition) is 2. The molecule has 188 valence electrons. The molecule has 4 amide bonds. The normalized spacial score (nSPS) is 26.0. The van der Waals surface area contributed by atoms with Gasteiger partial charge in [-0.3, -0.25) is 24.1 Å². The molecule has 8 heteroatoms. The van der Waals surface area contributed by atoms with Crippen LogP contribution in [-0.4, -0.2) is 36.7 Å². The summed E-state index contributed by atoms with van der Waals surface area (Å²) in [5.41, 5.74) is 7.73. The minimum Gasteiger partial charge on any atom is -0.370 e. The van der Waals surface area contributed by atoms with Gasteiger partial charge >= 0.3 is 0 Å². The first-order valence-corrected chi connectivity index (χ1v) is 12.8. The summed E-state index contributed by atoms with van der Waals surface area (Å²) in [5.74, 6) is -3.28. The summed E-state index contributed by atoms with van der Waals surface area (Å²) in [6.45, 7) is 3.71. The van der Waals surface area contributed by atoms with Crippen molar-refractivity contribution < 1.29 is 19.2 Å². The Morgan fingerprint density at radius 1 is 0.917 bits per heavy atom. The second-order valence-corrected chi connectivity index (χ2v) is 10.2. The first-order chi connectivity index (χ1) is 17.4. The summed E-state index contributed by atoms with van der Waals surface area (Å²) >= 11 is 0. The maximum absolute atomic E-state index is 13.7. The Labute approximate surface area is 210 Å². The predicted octanol–water partition coefficient (Wildman–Crippen LogP) is 3.57. The molecule has 5 rings (SSSR count). The molecule has 3 aliphatic rings. The lowest BCUT2D eigenvalue weighted by Crippen LogP contribution is -2.42. The molecule has 1 aliphatic carbocycles. The number of amides is 4. The number of rotatable bonds is 5. The standard InChI is InChI=1S/C28H32N4O4/c1-17-10-12-20(24-23(17)27(35)32(28(24)36)19-8-4-2-5-9-19)26(34)30-21-16-18(25(29)33)11-13-22(21)31-14-6-3-7-15-31/h2,4-5,8-9,11,13,16-17,20,23-24H,3,6-7,10,12,14-15H2,1H3,(H2,29,33)(H,30,34).